The first-order chi connectivity index (χ1) is 6.95. The Hall–Kier alpha value is -1.36. The van der Waals surface area contributed by atoms with E-state index in [1.54, 1.807) is 20.8 Å². The molecule has 0 aromatic heterocycles. The van der Waals surface area contributed by atoms with Crippen molar-refractivity contribution in [3.8, 4) is 0 Å². The van der Waals surface area contributed by atoms with Gasteiger partial charge in [-0.3, -0.25) is 0 Å². The first kappa shape index (κ1) is 13.6. The van der Waals surface area contributed by atoms with E-state index in [0.717, 1.165) is 12.2 Å². The summed E-state index contributed by atoms with van der Waals surface area (Å²) < 4.78 is 9.21. The Balaban J connectivity index is 3.95. The van der Waals surface area contributed by atoms with Gasteiger partial charge in [-0.25, -0.2) is 9.59 Å². The summed E-state index contributed by atoms with van der Waals surface area (Å²) in [6.45, 7) is 5.06. The molecule has 1 N–H and O–H groups in total. The second kappa shape index (κ2) is 7.00. The zero-order valence-corrected chi connectivity index (χ0v) is 9.10. The van der Waals surface area contributed by atoms with Crippen molar-refractivity contribution in [2.75, 3.05) is 0 Å². The van der Waals surface area contributed by atoms with E-state index in [-0.39, 0.29) is 6.10 Å². The molecule has 5 nitrogen and oxygen atoms in total. The van der Waals surface area contributed by atoms with Gasteiger partial charge in [-0.1, -0.05) is 6.92 Å². The van der Waals surface area contributed by atoms with Crippen LogP contribution in [-0.2, 0) is 19.1 Å². The highest BCUT2D eigenvalue weighted by molar-refractivity contribution is 5.91. The topological polar surface area (TPSA) is 72.8 Å². The Bertz CT molecular complexity index is 244. The minimum absolute atomic E-state index is 0.237. The second-order valence-electron chi connectivity index (χ2n) is 3.12. The van der Waals surface area contributed by atoms with Gasteiger partial charge >= 0.3 is 11.9 Å². The van der Waals surface area contributed by atoms with Crippen molar-refractivity contribution in [3.63, 3.8) is 0 Å². The van der Waals surface area contributed by atoms with Crippen LogP contribution in [0.1, 0.15) is 27.2 Å². The standard InChI is InChI=1S/C10H16O5/c1-4-8(11)15-10(13)6-5-9(12)14-7(2)3/h5-8,11H,4H2,1-3H3. The van der Waals surface area contributed by atoms with Crippen molar-refractivity contribution in [1.29, 1.82) is 0 Å². The predicted molar refractivity (Wildman–Crippen MR) is 52.8 cm³/mol. The molecule has 0 saturated heterocycles. The molecule has 0 bridgehead atoms. The predicted octanol–water partition coefficient (Wildman–Crippen LogP) is 0.766. The molecule has 86 valence electrons. The van der Waals surface area contributed by atoms with Crippen LogP contribution in [0.3, 0.4) is 0 Å². The summed E-state index contributed by atoms with van der Waals surface area (Å²) >= 11 is 0. The summed E-state index contributed by atoms with van der Waals surface area (Å²) in [6, 6.07) is 0. The van der Waals surface area contributed by atoms with Crippen molar-refractivity contribution >= 4 is 11.9 Å². The lowest BCUT2D eigenvalue weighted by Gasteiger charge is -2.07. The van der Waals surface area contributed by atoms with Gasteiger partial charge in [0.15, 0.2) is 0 Å². The van der Waals surface area contributed by atoms with Gasteiger partial charge in [-0.2, -0.15) is 0 Å². The lowest BCUT2D eigenvalue weighted by atomic mass is 10.4. The average molecular weight is 216 g/mol. The molecule has 0 aliphatic heterocycles. The van der Waals surface area contributed by atoms with Crippen LogP contribution in [0.25, 0.3) is 0 Å². The highest BCUT2D eigenvalue weighted by Gasteiger charge is 2.06. The van der Waals surface area contributed by atoms with Gasteiger partial charge in [-0.05, 0) is 13.8 Å². The van der Waals surface area contributed by atoms with Crippen molar-refractivity contribution in [2.45, 2.75) is 39.6 Å². The molecule has 0 amide bonds. The number of aliphatic hydroxyl groups excluding tert-OH is 1. The summed E-state index contributed by atoms with van der Waals surface area (Å²) in [5.41, 5.74) is 0. The molecule has 0 heterocycles. The van der Waals surface area contributed by atoms with Crippen LogP contribution in [0.5, 0.6) is 0 Å². The van der Waals surface area contributed by atoms with Crippen molar-refractivity contribution in [3.05, 3.63) is 12.2 Å². The maximum Gasteiger partial charge on any atom is 0.333 e. The van der Waals surface area contributed by atoms with E-state index in [0.29, 0.717) is 6.42 Å². The maximum atomic E-state index is 10.9. The summed E-state index contributed by atoms with van der Waals surface area (Å²) in [6.07, 6.45) is 0.812. The van der Waals surface area contributed by atoms with Gasteiger partial charge in [0.2, 0.25) is 6.29 Å². The van der Waals surface area contributed by atoms with Gasteiger partial charge in [0.1, 0.15) is 0 Å². The zero-order chi connectivity index (χ0) is 11.8. The maximum absolute atomic E-state index is 10.9. The summed E-state index contributed by atoms with van der Waals surface area (Å²) in [7, 11) is 0. The van der Waals surface area contributed by atoms with E-state index in [2.05, 4.69) is 4.74 Å². The molecule has 0 fully saturated rings. The van der Waals surface area contributed by atoms with Gasteiger partial charge in [0.25, 0.3) is 0 Å². The van der Waals surface area contributed by atoms with Crippen LogP contribution < -0.4 is 0 Å². The van der Waals surface area contributed by atoms with E-state index in [1.165, 1.54) is 0 Å². The molecular weight excluding hydrogens is 200 g/mol. The fourth-order valence-electron chi connectivity index (χ4n) is 0.664. The van der Waals surface area contributed by atoms with Crippen molar-refractivity contribution in [1.82, 2.24) is 0 Å². The Morgan fingerprint density at radius 2 is 1.67 bits per heavy atom. The number of hydrogen-bond donors (Lipinski definition) is 1. The number of aliphatic hydroxyl groups is 1. The Morgan fingerprint density at radius 1 is 1.20 bits per heavy atom. The normalized spacial score (nSPS) is 12.9. The smallest absolute Gasteiger partial charge is 0.333 e. The fraction of sp³-hybridized carbons (Fsp3) is 0.600. The number of rotatable bonds is 5. The Kier molecular flexibility index (Phi) is 6.37. The third-order valence-electron chi connectivity index (χ3n) is 1.31. The molecule has 15 heavy (non-hydrogen) atoms. The number of carbonyl (C=O) groups is 2. The lowest BCUT2D eigenvalue weighted by molar-refractivity contribution is -0.162. The Labute approximate surface area is 88.7 Å². The summed E-state index contributed by atoms with van der Waals surface area (Å²) in [5.74, 6) is -1.39. The van der Waals surface area contributed by atoms with Gasteiger partial charge < -0.3 is 14.6 Å². The van der Waals surface area contributed by atoms with Crippen LogP contribution >= 0.6 is 0 Å². The number of esters is 2. The van der Waals surface area contributed by atoms with Gasteiger partial charge in [0, 0.05) is 18.6 Å². The molecule has 1 unspecified atom stereocenters. The van der Waals surface area contributed by atoms with Gasteiger partial charge in [-0.15, -0.1) is 0 Å². The minimum atomic E-state index is -1.14. The second-order valence-corrected chi connectivity index (χ2v) is 3.12. The SMILES string of the molecule is CCC(O)OC(=O)C=CC(=O)OC(C)C. The molecule has 0 aromatic carbocycles. The van der Waals surface area contributed by atoms with E-state index in [9.17, 15) is 9.59 Å². The Morgan fingerprint density at radius 3 is 2.07 bits per heavy atom. The third kappa shape index (κ3) is 7.69. The van der Waals surface area contributed by atoms with Crippen LogP contribution in [-0.4, -0.2) is 29.4 Å². The van der Waals surface area contributed by atoms with Crippen LogP contribution in [0.15, 0.2) is 12.2 Å². The molecule has 0 spiro atoms. The van der Waals surface area contributed by atoms with Crippen molar-refractivity contribution < 1.29 is 24.2 Å². The van der Waals surface area contributed by atoms with E-state index >= 15 is 0 Å². The number of carbonyl (C=O) groups excluding carboxylic acids is 2. The van der Waals surface area contributed by atoms with Crippen molar-refractivity contribution in [2.24, 2.45) is 0 Å². The molecular formula is C10H16O5. The quantitative estimate of drug-likeness (QED) is 0.417. The van der Waals surface area contributed by atoms with Crippen LogP contribution in [0.4, 0.5) is 0 Å². The van der Waals surface area contributed by atoms with E-state index < -0.39 is 18.2 Å². The lowest BCUT2D eigenvalue weighted by Crippen LogP contribution is -2.15. The summed E-state index contributed by atoms with van der Waals surface area (Å²) in [4.78, 5) is 21.9. The molecule has 0 saturated carbocycles. The minimum Gasteiger partial charge on any atom is -0.460 e. The molecule has 1 atom stereocenters. The largest absolute Gasteiger partial charge is 0.460 e. The van der Waals surface area contributed by atoms with Crippen LogP contribution in [0.2, 0.25) is 0 Å². The molecule has 0 aliphatic carbocycles. The first-order valence-electron chi connectivity index (χ1n) is 4.73. The first-order valence-corrected chi connectivity index (χ1v) is 4.73. The van der Waals surface area contributed by atoms with Gasteiger partial charge in [0.05, 0.1) is 6.10 Å². The van der Waals surface area contributed by atoms with E-state index in [1.807, 2.05) is 0 Å². The molecule has 0 aliphatic rings. The van der Waals surface area contributed by atoms with E-state index in [4.69, 9.17) is 9.84 Å². The average Bonchev–Trinajstić information content (AvgIpc) is 2.13. The third-order valence-corrected chi connectivity index (χ3v) is 1.31. The molecule has 5 heteroatoms. The molecule has 0 radical (unpaired) electrons. The highest BCUT2D eigenvalue weighted by atomic mass is 16.6. The number of ether oxygens (including phenoxy) is 2. The molecule has 0 rings (SSSR count). The summed E-state index contributed by atoms with van der Waals surface area (Å²) in [5, 5.41) is 8.95. The highest BCUT2D eigenvalue weighted by Crippen LogP contribution is 1.95. The number of hydrogen-bond acceptors (Lipinski definition) is 5. The monoisotopic (exact) mass is 216 g/mol. The zero-order valence-electron chi connectivity index (χ0n) is 9.10. The fourth-order valence-corrected chi connectivity index (χ4v) is 0.664. The van der Waals surface area contributed by atoms with Crippen LogP contribution in [0, 0.1) is 0 Å². The molecule has 0 aromatic rings.